The fourth-order valence-electron chi connectivity index (χ4n) is 7.93. The third kappa shape index (κ3) is 5.02. The molecule has 50 heavy (non-hydrogen) atoms. The van der Waals surface area contributed by atoms with Gasteiger partial charge in [-0.05, 0) is 97.2 Å². The Morgan fingerprint density at radius 1 is 0.360 bits per heavy atom. The van der Waals surface area contributed by atoms with Gasteiger partial charge in [0.2, 0.25) is 0 Å². The van der Waals surface area contributed by atoms with E-state index in [0.717, 1.165) is 17.1 Å². The van der Waals surface area contributed by atoms with Crippen LogP contribution in [-0.4, -0.2) is 0 Å². The largest absolute Gasteiger partial charge is 0.310 e. The molecule has 0 radical (unpaired) electrons. The van der Waals surface area contributed by atoms with Crippen LogP contribution in [0.15, 0.2) is 188 Å². The molecule has 0 spiro atoms. The first-order valence-corrected chi connectivity index (χ1v) is 17.4. The molecular weight excluding hydrogens is 603 g/mol. The van der Waals surface area contributed by atoms with Crippen molar-refractivity contribution in [2.75, 3.05) is 4.90 Å². The summed E-state index contributed by atoms with van der Waals surface area (Å²) >= 11 is 0. The Morgan fingerprint density at radius 3 is 1.78 bits per heavy atom. The molecule has 0 N–H and O–H groups in total. The number of para-hydroxylation sites is 1. The number of hydrogen-bond acceptors (Lipinski definition) is 1. The topological polar surface area (TPSA) is 3.24 Å². The molecule has 0 aliphatic heterocycles. The number of nitrogens with zero attached hydrogens (tertiary/aromatic N) is 1. The van der Waals surface area contributed by atoms with Gasteiger partial charge in [-0.15, -0.1) is 0 Å². The van der Waals surface area contributed by atoms with Gasteiger partial charge < -0.3 is 4.90 Å². The van der Waals surface area contributed by atoms with Crippen LogP contribution in [0.1, 0.15) is 25.0 Å². The van der Waals surface area contributed by atoms with E-state index in [-0.39, 0.29) is 5.41 Å². The maximum absolute atomic E-state index is 2.43. The molecule has 0 unspecified atom stereocenters. The number of hydrogen-bond donors (Lipinski definition) is 0. The monoisotopic (exact) mass is 639 g/mol. The van der Waals surface area contributed by atoms with Gasteiger partial charge >= 0.3 is 0 Å². The summed E-state index contributed by atoms with van der Waals surface area (Å²) in [6.45, 7) is 4.71. The summed E-state index contributed by atoms with van der Waals surface area (Å²) in [7, 11) is 0. The zero-order valence-electron chi connectivity index (χ0n) is 28.3. The highest BCUT2D eigenvalue weighted by molar-refractivity contribution is 5.98. The molecule has 8 aromatic rings. The second-order valence-electron chi connectivity index (χ2n) is 13.8. The van der Waals surface area contributed by atoms with Crippen LogP contribution in [0.25, 0.3) is 55.3 Å². The molecule has 0 saturated heterocycles. The van der Waals surface area contributed by atoms with Gasteiger partial charge in [-0.3, -0.25) is 0 Å². The Morgan fingerprint density at radius 2 is 0.940 bits per heavy atom. The Kier molecular flexibility index (Phi) is 7.21. The summed E-state index contributed by atoms with van der Waals surface area (Å²) < 4.78 is 0. The van der Waals surface area contributed by atoms with Gasteiger partial charge in [-0.1, -0.05) is 166 Å². The van der Waals surface area contributed by atoms with E-state index in [1.54, 1.807) is 0 Å². The summed E-state index contributed by atoms with van der Waals surface area (Å²) in [5.41, 5.74) is 16.0. The summed E-state index contributed by atoms with van der Waals surface area (Å²) in [4.78, 5) is 2.43. The van der Waals surface area contributed by atoms with Gasteiger partial charge in [0.25, 0.3) is 0 Å². The Hall–Kier alpha value is -6.18. The Labute approximate surface area is 294 Å². The van der Waals surface area contributed by atoms with Crippen LogP contribution in [0.5, 0.6) is 0 Å². The number of benzene rings is 8. The Balaban J connectivity index is 1.24. The van der Waals surface area contributed by atoms with Crippen molar-refractivity contribution >= 4 is 27.8 Å². The normalized spacial score (nSPS) is 12.8. The van der Waals surface area contributed by atoms with E-state index in [4.69, 9.17) is 0 Å². The van der Waals surface area contributed by atoms with Gasteiger partial charge in [-0.25, -0.2) is 0 Å². The van der Waals surface area contributed by atoms with E-state index in [9.17, 15) is 0 Å². The third-order valence-corrected chi connectivity index (χ3v) is 10.5. The molecule has 0 atom stereocenters. The van der Waals surface area contributed by atoms with Crippen LogP contribution >= 0.6 is 0 Å². The summed E-state index contributed by atoms with van der Waals surface area (Å²) in [5, 5.41) is 2.50. The van der Waals surface area contributed by atoms with Crippen molar-refractivity contribution in [1.82, 2.24) is 0 Å². The Bertz CT molecular complexity index is 2510. The molecule has 1 aliphatic rings. The van der Waals surface area contributed by atoms with Crippen LogP contribution in [0, 0.1) is 0 Å². The second kappa shape index (κ2) is 12.1. The maximum atomic E-state index is 2.43. The molecule has 0 saturated carbocycles. The molecule has 0 bridgehead atoms. The van der Waals surface area contributed by atoms with E-state index >= 15 is 0 Å². The van der Waals surface area contributed by atoms with Crippen molar-refractivity contribution in [3.8, 4) is 44.5 Å². The summed E-state index contributed by atoms with van der Waals surface area (Å²) in [6, 6.07) is 68.6. The van der Waals surface area contributed by atoms with Crippen molar-refractivity contribution in [1.29, 1.82) is 0 Å². The van der Waals surface area contributed by atoms with Gasteiger partial charge in [0.05, 0.1) is 5.69 Å². The van der Waals surface area contributed by atoms with E-state index in [2.05, 4.69) is 207 Å². The van der Waals surface area contributed by atoms with Crippen molar-refractivity contribution in [3.05, 3.63) is 199 Å². The maximum Gasteiger partial charge on any atom is 0.0540 e. The van der Waals surface area contributed by atoms with E-state index in [0.29, 0.717) is 0 Å². The van der Waals surface area contributed by atoms with E-state index in [1.165, 1.54) is 66.4 Å². The highest BCUT2D eigenvalue weighted by Gasteiger charge is 2.37. The van der Waals surface area contributed by atoms with Crippen LogP contribution in [0.3, 0.4) is 0 Å². The minimum absolute atomic E-state index is 0.0714. The fourth-order valence-corrected chi connectivity index (χ4v) is 7.93. The number of fused-ring (bicyclic) bond motifs is 4. The van der Waals surface area contributed by atoms with E-state index < -0.39 is 0 Å². The van der Waals surface area contributed by atoms with Crippen LogP contribution in [-0.2, 0) is 5.41 Å². The molecule has 0 heterocycles. The fraction of sp³-hybridized carbons (Fsp3) is 0.0612. The van der Waals surface area contributed by atoms with Crippen LogP contribution in [0.4, 0.5) is 17.1 Å². The first-order chi connectivity index (χ1) is 24.6. The zero-order valence-corrected chi connectivity index (χ0v) is 28.3. The molecule has 1 nitrogen and oxygen atoms in total. The minimum Gasteiger partial charge on any atom is -0.310 e. The molecular formula is C49H37N. The van der Waals surface area contributed by atoms with E-state index in [1.807, 2.05) is 0 Å². The second-order valence-corrected chi connectivity index (χ2v) is 13.8. The molecule has 0 fully saturated rings. The average molecular weight is 640 g/mol. The molecule has 8 aromatic carbocycles. The van der Waals surface area contributed by atoms with Crippen molar-refractivity contribution < 1.29 is 0 Å². The highest BCUT2D eigenvalue weighted by atomic mass is 15.1. The highest BCUT2D eigenvalue weighted by Crippen LogP contribution is 2.53. The summed E-state index contributed by atoms with van der Waals surface area (Å²) in [6.07, 6.45) is 0. The van der Waals surface area contributed by atoms with Crippen molar-refractivity contribution in [2.45, 2.75) is 19.3 Å². The molecule has 1 aliphatic carbocycles. The van der Waals surface area contributed by atoms with Gasteiger partial charge in [0.1, 0.15) is 0 Å². The zero-order chi connectivity index (χ0) is 33.7. The molecule has 0 aromatic heterocycles. The molecule has 0 amide bonds. The van der Waals surface area contributed by atoms with Crippen LogP contribution < -0.4 is 4.90 Å². The average Bonchev–Trinajstić information content (AvgIpc) is 3.42. The lowest BCUT2D eigenvalue weighted by Crippen LogP contribution is -2.14. The minimum atomic E-state index is -0.0714. The molecule has 238 valence electrons. The molecule has 1 heteroatoms. The lowest BCUT2D eigenvalue weighted by molar-refractivity contribution is 0.660. The van der Waals surface area contributed by atoms with Crippen LogP contribution in [0.2, 0.25) is 0 Å². The number of anilines is 3. The SMILES string of the molecule is CC1(C)c2ccccc2-c2c(-c3ccccc3N(c3ccc(-c4ccccc4)cc3)c3cccc(-c4ccc5ccccc5c4)c3)cccc21. The van der Waals surface area contributed by atoms with Gasteiger partial charge in [0, 0.05) is 22.4 Å². The molecule has 9 rings (SSSR count). The first-order valence-electron chi connectivity index (χ1n) is 17.4. The number of rotatable bonds is 6. The van der Waals surface area contributed by atoms with Gasteiger partial charge in [0.15, 0.2) is 0 Å². The van der Waals surface area contributed by atoms with Crippen molar-refractivity contribution in [3.63, 3.8) is 0 Å². The predicted molar refractivity (Wildman–Crippen MR) is 213 cm³/mol. The lowest BCUT2D eigenvalue weighted by atomic mass is 9.82. The first kappa shape index (κ1) is 29.9. The quantitative estimate of drug-likeness (QED) is 0.175. The third-order valence-electron chi connectivity index (χ3n) is 10.5. The summed E-state index contributed by atoms with van der Waals surface area (Å²) in [5.74, 6) is 0. The standard InChI is InChI=1S/C49H37N/c1-49(2)45-23-10-8-21-44(45)48-43(22-13-24-46(48)49)42-20-9-11-25-47(42)50(40-30-28-36(29-31-40)34-14-4-3-5-15-34)41-19-12-18-38(33-41)39-27-26-35-16-6-7-17-37(35)32-39/h3-33H,1-2H3. The smallest absolute Gasteiger partial charge is 0.0540 e. The lowest BCUT2D eigenvalue weighted by Gasteiger charge is -2.29. The van der Waals surface area contributed by atoms with Gasteiger partial charge in [-0.2, -0.15) is 0 Å². The van der Waals surface area contributed by atoms with Crippen molar-refractivity contribution in [2.24, 2.45) is 0 Å². The predicted octanol–water partition coefficient (Wildman–Crippen LogP) is 13.6.